The maximum atomic E-state index is 11.4. The molecule has 6 heteroatoms. The zero-order chi connectivity index (χ0) is 17.4. The standard InChI is InChI=1S/C19H18ClN3O2/c20-16-10-14-4-3-13-2-1-7-22-19(13)18(12-5-8-21-9-6-12)15(14)11-17(16)23(24)25/h1-2,7,10-11,21H,3-6,8-9H2. The van der Waals surface area contributed by atoms with Crippen molar-refractivity contribution in [3.05, 3.63) is 73.6 Å². The van der Waals surface area contributed by atoms with Crippen molar-refractivity contribution >= 4 is 22.9 Å². The van der Waals surface area contributed by atoms with Gasteiger partial charge in [0.15, 0.2) is 0 Å². The van der Waals surface area contributed by atoms with Crippen LogP contribution < -0.4 is 5.32 Å². The highest BCUT2D eigenvalue weighted by Crippen LogP contribution is 2.40. The fourth-order valence-corrected chi connectivity index (χ4v) is 4.04. The number of nitro groups is 1. The monoisotopic (exact) mass is 355 g/mol. The van der Waals surface area contributed by atoms with E-state index >= 15 is 0 Å². The molecule has 0 amide bonds. The Morgan fingerprint density at radius 2 is 1.88 bits per heavy atom. The first-order valence-electron chi connectivity index (χ1n) is 8.49. The lowest BCUT2D eigenvalue weighted by molar-refractivity contribution is -0.384. The van der Waals surface area contributed by atoms with Crippen LogP contribution in [0.15, 0.2) is 36.0 Å². The SMILES string of the molecule is O=[N+]([O-])c1cc2c(cc1Cl)CCc1cccnc1C2=C1CCNCC1. The number of hydrogen-bond donors (Lipinski definition) is 1. The molecule has 1 N–H and O–H groups in total. The van der Waals surface area contributed by atoms with E-state index in [1.54, 1.807) is 18.3 Å². The van der Waals surface area contributed by atoms with E-state index in [1.807, 2.05) is 6.07 Å². The molecule has 1 saturated heterocycles. The molecular weight excluding hydrogens is 338 g/mol. The van der Waals surface area contributed by atoms with Crippen LogP contribution in [-0.2, 0) is 12.8 Å². The molecule has 1 aromatic heterocycles. The minimum Gasteiger partial charge on any atom is -0.316 e. The van der Waals surface area contributed by atoms with Crippen LogP contribution in [-0.4, -0.2) is 23.0 Å². The summed E-state index contributed by atoms with van der Waals surface area (Å²) >= 11 is 6.17. The van der Waals surface area contributed by atoms with Gasteiger partial charge in [-0.15, -0.1) is 0 Å². The molecule has 2 aromatic rings. The summed E-state index contributed by atoms with van der Waals surface area (Å²) in [6.45, 7) is 1.85. The number of pyridine rings is 1. The minimum absolute atomic E-state index is 0.0353. The highest BCUT2D eigenvalue weighted by Gasteiger charge is 2.26. The van der Waals surface area contributed by atoms with Gasteiger partial charge in [-0.05, 0) is 67.6 Å². The molecule has 0 spiro atoms. The van der Waals surface area contributed by atoms with Gasteiger partial charge in [0.05, 0.1) is 10.6 Å². The lowest BCUT2D eigenvalue weighted by Crippen LogP contribution is -2.24. The topological polar surface area (TPSA) is 68.1 Å². The molecule has 0 saturated carbocycles. The summed E-state index contributed by atoms with van der Waals surface area (Å²) < 4.78 is 0. The summed E-state index contributed by atoms with van der Waals surface area (Å²) in [5, 5.41) is 15.0. The first-order chi connectivity index (χ1) is 12.1. The predicted octanol–water partition coefficient (Wildman–Crippen LogP) is 3.93. The van der Waals surface area contributed by atoms with Gasteiger partial charge in [0.25, 0.3) is 5.69 Å². The molecular formula is C19H18ClN3O2. The van der Waals surface area contributed by atoms with E-state index in [1.165, 1.54) is 11.1 Å². The number of aryl methyl sites for hydroxylation is 2. The Bertz CT molecular complexity index is 884. The first-order valence-corrected chi connectivity index (χ1v) is 8.87. The lowest BCUT2D eigenvalue weighted by Gasteiger charge is -2.21. The number of fused-ring (bicyclic) bond motifs is 2. The normalized spacial score (nSPS) is 16.8. The van der Waals surface area contributed by atoms with E-state index in [9.17, 15) is 10.1 Å². The summed E-state index contributed by atoms with van der Waals surface area (Å²) in [4.78, 5) is 15.6. The number of benzene rings is 1. The molecule has 128 valence electrons. The third kappa shape index (κ3) is 2.94. The Hall–Kier alpha value is -2.24. The van der Waals surface area contributed by atoms with Crippen LogP contribution in [0.25, 0.3) is 5.57 Å². The van der Waals surface area contributed by atoms with Gasteiger partial charge in [-0.25, -0.2) is 0 Å². The van der Waals surface area contributed by atoms with Crippen molar-refractivity contribution in [1.82, 2.24) is 10.3 Å². The van der Waals surface area contributed by atoms with Crippen LogP contribution in [0.1, 0.15) is 35.2 Å². The van der Waals surface area contributed by atoms with Crippen molar-refractivity contribution in [2.24, 2.45) is 0 Å². The molecule has 2 aliphatic rings. The van der Waals surface area contributed by atoms with Crippen LogP contribution >= 0.6 is 11.6 Å². The van der Waals surface area contributed by atoms with Gasteiger partial charge in [-0.3, -0.25) is 15.1 Å². The van der Waals surface area contributed by atoms with Crippen molar-refractivity contribution in [3.63, 3.8) is 0 Å². The number of nitrogens with one attached hydrogen (secondary N) is 1. The van der Waals surface area contributed by atoms with E-state index in [-0.39, 0.29) is 10.7 Å². The Morgan fingerprint density at radius 3 is 2.64 bits per heavy atom. The van der Waals surface area contributed by atoms with Gasteiger partial charge in [-0.1, -0.05) is 23.2 Å². The highest BCUT2D eigenvalue weighted by atomic mass is 35.5. The molecule has 0 radical (unpaired) electrons. The molecule has 5 nitrogen and oxygen atoms in total. The first kappa shape index (κ1) is 16.2. The molecule has 0 atom stereocenters. The number of piperidine rings is 1. The number of halogens is 1. The average molecular weight is 356 g/mol. The van der Waals surface area contributed by atoms with Gasteiger partial charge >= 0.3 is 0 Å². The largest absolute Gasteiger partial charge is 0.316 e. The molecule has 4 rings (SSSR count). The van der Waals surface area contributed by atoms with Crippen LogP contribution in [0.4, 0.5) is 5.69 Å². The second kappa shape index (κ2) is 6.58. The Labute approximate surface area is 150 Å². The van der Waals surface area contributed by atoms with Crippen LogP contribution in [0.5, 0.6) is 0 Å². The van der Waals surface area contributed by atoms with Gasteiger partial charge in [0.2, 0.25) is 0 Å². The highest BCUT2D eigenvalue weighted by molar-refractivity contribution is 6.32. The summed E-state index contributed by atoms with van der Waals surface area (Å²) in [5.74, 6) is 0. The van der Waals surface area contributed by atoms with Crippen LogP contribution in [0, 0.1) is 10.1 Å². The summed E-state index contributed by atoms with van der Waals surface area (Å²) in [5.41, 5.74) is 6.50. The zero-order valence-corrected chi connectivity index (χ0v) is 14.5. The Balaban J connectivity index is 2.01. The summed E-state index contributed by atoms with van der Waals surface area (Å²) in [6, 6.07) is 7.47. The zero-order valence-electron chi connectivity index (χ0n) is 13.7. The molecule has 0 unspecified atom stereocenters. The lowest BCUT2D eigenvalue weighted by atomic mass is 9.89. The second-order valence-corrected chi connectivity index (χ2v) is 6.86. The quantitative estimate of drug-likeness (QED) is 0.621. The van der Waals surface area contributed by atoms with Crippen molar-refractivity contribution < 1.29 is 4.92 Å². The number of rotatable bonds is 1. The number of aromatic nitrogens is 1. The third-order valence-corrected chi connectivity index (χ3v) is 5.29. The average Bonchev–Trinajstić information content (AvgIpc) is 2.78. The number of nitro benzene ring substituents is 1. The second-order valence-electron chi connectivity index (χ2n) is 6.46. The molecule has 1 aliphatic heterocycles. The van der Waals surface area contributed by atoms with Gasteiger partial charge < -0.3 is 5.32 Å². The van der Waals surface area contributed by atoms with Gasteiger partial charge in [0, 0.05) is 17.8 Å². The van der Waals surface area contributed by atoms with E-state index < -0.39 is 4.92 Å². The Morgan fingerprint density at radius 1 is 1.12 bits per heavy atom. The van der Waals surface area contributed by atoms with Crippen molar-refractivity contribution in [2.45, 2.75) is 25.7 Å². The fraction of sp³-hybridized carbons (Fsp3) is 0.316. The predicted molar refractivity (Wildman–Crippen MR) is 97.9 cm³/mol. The fourth-order valence-electron chi connectivity index (χ4n) is 3.78. The van der Waals surface area contributed by atoms with Gasteiger partial charge in [-0.2, -0.15) is 0 Å². The van der Waals surface area contributed by atoms with E-state index in [0.717, 1.165) is 61.2 Å². The van der Waals surface area contributed by atoms with Crippen LogP contribution in [0.2, 0.25) is 5.02 Å². The minimum atomic E-state index is -0.405. The Kier molecular flexibility index (Phi) is 4.27. The molecule has 1 aliphatic carbocycles. The van der Waals surface area contributed by atoms with Crippen molar-refractivity contribution in [2.75, 3.05) is 13.1 Å². The smallest absolute Gasteiger partial charge is 0.288 e. The summed E-state index contributed by atoms with van der Waals surface area (Å²) in [7, 11) is 0. The molecule has 0 bridgehead atoms. The van der Waals surface area contributed by atoms with E-state index in [4.69, 9.17) is 11.6 Å². The number of hydrogen-bond acceptors (Lipinski definition) is 4. The third-order valence-electron chi connectivity index (χ3n) is 4.99. The maximum Gasteiger partial charge on any atom is 0.288 e. The van der Waals surface area contributed by atoms with Crippen molar-refractivity contribution in [3.8, 4) is 0 Å². The van der Waals surface area contributed by atoms with E-state index in [0.29, 0.717) is 0 Å². The van der Waals surface area contributed by atoms with E-state index in [2.05, 4.69) is 16.4 Å². The molecule has 1 aromatic carbocycles. The van der Waals surface area contributed by atoms with Crippen molar-refractivity contribution in [1.29, 1.82) is 0 Å². The summed E-state index contributed by atoms with van der Waals surface area (Å²) in [6.07, 6.45) is 5.33. The molecule has 2 heterocycles. The number of nitrogens with zero attached hydrogens (tertiary/aromatic N) is 2. The molecule has 1 fully saturated rings. The van der Waals surface area contributed by atoms with Gasteiger partial charge in [0.1, 0.15) is 5.02 Å². The van der Waals surface area contributed by atoms with Crippen LogP contribution in [0.3, 0.4) is 0 Å². The maximum absolute atomic E-state index is 11.4. The molecule has 25 heavy (non-hydrogen) atoms.